The lowest BCUT2D eigenvalue weighted by atomic mass is 9.84. The van der Waals surface area contributed by atoms with Crippen LogP contribution in [-0.2, 0) is 4.79 Å². The summed E-state index contributed by atoms with van der Waals surface area (Å²) >= 11 is 0. The van der Waals surface area contributed by atoms with E-state index in [1.807, 2.05) is 0 Å². The van der Waals surface area contributed by atoms with Crippen LogP contribution in [0.25, 0.3) is 0 Å². The molecule has 0 radical (unpaired) electrons. The largest absolute Gasteiger partial charge is 0.353 e. The van der Waals surface area contributed by atoms with Gasteiger partial charge in [0.2, 0.25) is 5.91 Å². The minimum absolute atomic E-state index is 0.244. The quantitative estimate of drug-likeness (QED) is 0.709. The molecule has 0 saturated heterocycles. The summed E-state index contributed by atoms with van der Waals surface area (Å²) in [6.45, 7) is 4.39. The van der Waals surface area contributed by atoms with Crippen molar-refractivity contribution in [3.63, 3.8) is 0 Å². The maximum absolute atomic E-state index is 12.1. The van der Waals surface area contributed by atoms with E-state index in [-0.39, 0.29) is 5.91 Å². The van der Waals surface area contributed by atoms with Crippen LogP contribution in [0.5, 0.6) is 0 Å². The molecule has 1 fully saturated rings. The fourth-order valence-corrected chi connectivity index (χ4v) is 3.15. The molecular weight excluding hydrogens is 236 g/mol. The number of amides is 1. The van der Waals surface area contributed by atoms with Crippen molar-refractivity contribution < 1.29 is 4.79 Å². The Hall–Kier alpha value is -0.570. The maximum Gasteiger partial charge on any atom is 0.220 e. The average Bonchev–Trinajstić information content (AvgIpc) is 2.36. The van der Waals surface area contributed by atoms with Crippen LogP contribution in [-0.4, -0.2) is 18.0 Å². The van der Waals surface area contributed by atoms with Gasteiger partial charge < -0.3 is 11.1 Å². The van der Waals surface area contributed by atoms with E-state index in [4.69, 9.17) is 5.73 Å². The van der Waals surface area contributed by atoms with E-state index in [1.165, 1.54) is 25.7 Å². The highest BCUT2D eigenvalue weighted by molar-refractivity contribution is 5.76. The molecule has 3 N–H and O–H groups in total. The first kappa shape index (κ1) is 16.5. The molecule has 0 heterocycles. The molecule has 1 aliphatic rings. The fraction of sp³-hybridized carbons (Fsp3) is 0.938. The SMILES string of the molecule is CCCCC(CCC)NC(=O)CC1CCCC(N)C1. The topological polar surface area (TPSA) is 55.1 Å². The van der Waals surface area contributed by atoms with Crippen molar-refractivity contribution in [1.29, 1.82) is 0 Å². The van der Waals surface area contributed by atoms with Gasteiger partial charge in [-0.1, -0.05) is 39.5 Å². The van der Waals surface area contributed by atoms with Crippen molar-refractivity contribution >= 4 is 5.91 Å². The summed E-state index contributed by atoms with van der Waals surface area (Å²) in [5.74, 6) is 0.755. The highest BCUT2D eigenvalue weighted by Gasteiger charge is 2.22. The number of rotatable bonds is 8. The number of nitrogens with two attached hydrogens (primary N) is 1. The van der Waals surface area contributed by atoms with Gasteiger partial charge in [0, 0.05) is 18.5 Å². The molecule has 1 amide bonds. The summed E-state index contributed by atoms with van der Waals surface area (Å²) in [5, 5.41) is 3.24. The van der Waals surface area contributed by atoms with Crippen LogP contribution in [0.15, 0.2) is 0 Å². The molecule has 3 nitrogen and oxygen atoms in total. The van der Waals surface area contributed by atoms with Crippen LogP contribution in [0.3, 0.4) is 0 Å². The van der Waals surface area contributed by atoms with E-state index in [9.17, 15) is 4.79 Å². The molecule has 0 bridgehead atoms. The number of hydrogen-bond acceptors (Lipinski definition) is 2. The Morgan fingerprint density at radius 2 is 2.05 bits per heavy atom. The lowest BCUT2D eigenvalue weighted by molar-refractivity contribution is -0.123. The van der Waals surface area contributed by atoms with Crippen LogP contribution in [0, 0.1) is 5.92 Å². The highest BCUT2D eigenvalue weighted by atomic mass is 16.1. The summed E-state index contributed by atoms with van der Waals surface area (Å²) in [4.78, 5) is 12.1. The molecule has 1 aliphatic carbocycles. The molecule has 0 spiro atoms. The van der Waals surface area contributed by atoms with Gasteiger partial charge in [0.05, 0.1) is 0 Å². The first-order valence-electron chi connectivity index (χ1n) is 8.20. The Labute approximate surface area is 118 Å². The zero-order valence-electron chi connectivity index (χ0n) is 12.8. The van der Waals surface area contributed by atoms with Crippen molar-refractivity contribution in [2.45, 2.75) is 90.1 Å². The van der Waals surface area contributed by atoms with Gasteiger partial charge in [-0.3, -0.25) is 4.79 Å². The molecule has 19 heavy (non-hydrogen) atoms. The number of nitrogens with one attached hydrogen (secondary N) is 1. The standard InChI is InChI=1S/C16H32N2O/c1-3-5-10-15(7-4-2)18-16(19)12-13-8-6-9-14(17)11-13/h13-15H,3-12,17H2,1-2H3,(H,18,19). The molecular formula is C16H32N2O. The van der Waals surface area contributed by atoms with Crippen molar-refractivity contribution in [3.05, 3.63) is 0 Å². The zero-order chi connectivity index (χ0) is 14.1. The highest BCUT2D eigenvalue weighted by Crippen LogP contribution is 2.25. The second kappa shape index (κ2) is 9.35. The average molecular weight is 268 g/mol. The van der Waals surface area contributed by atoms with Gasteiger partial charge in [0.1, 0.15) is 0 Å². The van der Waals surface area contributed by atoms with Gasteiger partial charge in [-0.15, -0.1) is 0 Å². The zero-order valence-corrected chi connectivity index (χ0v) is 12.8. The van der Waals surface area contributed by atoms with E-state index >= 15 is 0 Å². The van der Waals surface area contributed by atoms with Gasteiger partial charge in [-0.05, 0) is 38.0 Å². The maximum atomic E-state index is 12.1. The molecule has 3 heteroatoms. The molecule has 0 aliphatic heterocycles. The Balaban J connectivity index is 2.30. The summed E-state index contributed by atoms with van der Waals surface area (Å²) in [7, 11) is 0. The van der Waals surface area contributed by atoms with Crippen molar-refractivity contribution in [3.8, 4) is 0 Å². The molecule has 1 rings (SSSR count). The smallest absolute Gasteiger partial charge is 0.220 e. The third-order valence-corrected chi connectivity index (χ3v) is 4.21. The molecule has 0 aromatic heterocycles. The van der Waals surface area contributed by atoms with Crippen molar-refractivity contribution in [2.75, 3.05) is 0 Å². The molecule has 112 valence electrons. The van der Waals surface area contributed by atoms with Crippen molar-refractivity contribution in [2.24, 2.45) is 11.7 Å². The lowest BCUT2D eigenvalue weighted by Gasteiger charge is -2.27. The summed E-state index contributed by atoms with van der Waals surface area (Å²) in [5.41, 5.74) is 5.98. The van der Waals surface area contributed by atoms with E-state index in [2.05, 4.69) is 19.2 Å². The Morgan fingerprint density at radius 3 is 2.68 bits per heavy atom. The second-order valence-corrected chi connectivity index (χ2v) is 6.19. The monoisotopic (exact) mass is 268 g/mol. The molecule has 0 aromatic rings. The molecule has 1 saturated carbocycles. The van der Waals surface area contributed by atoms with Gasteiger partial charge in [0.15, 0.2) is 0 Å². The van der Waals surface area contributed by atoms with Crippen LogP contribution >= 0.6 is 0 Å². The normalized spacial score (nSPS) is 25.0. The minimum atomic E-state index is 0.244. The second-order valence-electron chi connectivity index (χ2n) is 6.19. The third-order valence-electron chi connectivity index (χ3n) is 4.21. The first-order chi connectivity index (χ1) is 9.15. The summed E-state index contributed by atoms with van der Waals surface area (Å²) in [6, 6.07) is 0.702. The van der Waals surface area contributed by atoms with Gasteiger partial charge in [0.25, 0.3) is 0 Å². The van der Waals surface area contributed by atoms with Gasteiger partial charge in [-0.25, -0.2) is 0 Å². The number of carbonyl (C=O) groups excluding carboxylic acids is 1. The Bertz CT molecular complexity index is 255. The Kier molecular flexibility index (Phi) is 8.11. The Morgan fingerprint density at radius 1 is 1.26 bits per heavy atom. The molecule has 3 unspecified atom stereocenters. The van der Waals surface area contributed by atoms with E-state index in [0.717, 1.165) is 32.1 Å². The third kappa shape index (κ3) is 6.95. The predicted octanol–water partition coefficient (Wildman–Crippen LogP) is 3.37. The molecule has 3 atom stereocenters. The predicted molar refractivity (Wildman–Crippen MR) is 80.9 cm³/mol. The summed E-state index contributed by atoms with van der Waals surface area (Å²) < 4.78 is 0. The van der Waals surface area contributed by atoms with Crippen LogP contribution in [0.1, 0.15) is 78.1 Å². The van der Waals surface area contributed by atoms with Gasteiger partial charge in [-0.2, -0.15) is 0 Å². The van der Waals surface area contributed by atoms with Crippen LogP contribution < -0.4 is 11.1 Å². The van der Waals surface area contributed by atoms with Gasteiger partial charge >= 0.3 is 0 Å². The number of hydrogen-bond donors (Lipinski definition) is 2. The molecule has 0 aromatic carbocycles. The summed E-state index contributed by atoms with van der Waals surface area (Å²) in [6.07, 6.45) is 11.0. The van der Waals surface area contributed by atoms with E-state index in [0.29, 0.717) is 24.4 Å². The van der Waals surface area contributed by atoms with Crippen molar-refractivity contribution in [1.82, 2.24) is 5.32 Å². The number of carbonyl (C=O) groups is 1. The minimum Gasteiger partial charge on any atom is -0.353 e. The van der Waals surface area contributed by atoms with E-state index < -0.39 is 0 Å². The van der Waals surface area contributed by atoms with Crippen LogP contribution in [0.2, 0.25) is 0 Å². The fourth-order valence-electron chi connectivity index (χ4n) is 3.15. The van der Waals surface area contributed by atoms with E-state index in [1.54, 1.807) is 0 Å². The first-order valence-corrected chi connectivity index (χ1v) is 8.20. The lowest BCUT2D eigenvalue weighted by Crippen LogP contribution is -2.37. The van der Waals surface area contributed by atoms with Crippen LogP contribution in [0.4, 0.5) is 0 Å². The number of unbranched alkanes of at least 4 members (excludes halogenated alkanes) is 1.